The summed E-state index contributed by atoms with van der Waals surface area (Å²) in [5.74, 6) is 0.722. The predicted octanol–water partition coefficient (Wildman–Crippen LogP) is 6.06. The summed E-state index contributed by atoms with van der Waals surface area (Å²) in [6.07, 6.45) is 3.61. The maximum absolute atomic E-state index is 13.2. The number of carbonyl (C=O) groups excluding carboxylic acids is 1. The fourth-order valence-corrected chi connectivity index (χ4v) is 4.07. The van der Waals surface area contributed by atoms with Gasteiger partial charge in [-0.15, -0.1) is 0 Å². The van der Waals surface area contributed by atoms with E-state index in [2.05, 4.69) is 6.58 Å². The molecule has 1 saturated heterocycles. The summed E-state index contributed by atoms with van der Waals surface area (Å²) < 4.78 is 5.53. The highest BCUT2D eigenvalue weighted by Gasteiger charge is 2.33. The first kappa shape index (κ1) is 20.7. The third kappa shape index (κ3) is 5.32. The minimum Gasteiger partial charge on any atom is -0.490 e. The lowest BCUT2D eigenvalue weighted by atomic mass is 10.2. The Kier molecular flexibility index (Phi) is 6.65. The van der Waals surface area contributed by atoms with Crippen molar-refractivity contribution in [1.82, 2.24) is 4.90 Å². The van der Waals surface area contributed by atoms with Gasteiger partial charge in [0.2, 0.25) is 0 Å². The number of aliphatic imine (C=N–C) groups is 1. The number of benzene rings is 3. The first-order valence-electron chi connectivity index (χ1n) is 9.96. The molecular formula is C26H22N2O2S. The second-order valence-corrected chi connectivity index (χ2v) is 7.90. The summed E-state index contributed by atoms with van der Waals surface area (Å²) in [5, 5.41) is 0.678. The van der Waals surface area contributed by atoms with Crippen LogP contribution in [0.4, 0.5) is 5.69 Å². The molecular weight excluding hydrogens is 404 g/mol. The zero-order valence-electron chi connectivity index (χ0n) is 17.0. The molecule has 0 aliphatic carbocycles. The average Bonchev–Trinajstić information content (AvgIpc) is 3.09. The molecule has 0 bridgehead atoms. The van der Waals surface area contributed by atoms with Crippen LogP contribution in [-0.2, 0) is 11.3 Å². The van der Waals surface area contributed by atoms with E-state index in [0.29, 0.717) is 23.2 Å². The van der Waals surface area contributed by atoms with E-state index in [0.717, 1.165) is 22.6 Å². The van der Waals surface area contributed by atoms with Crippen LogP contribution < -0.4 is 4.74 Å². The second-order valence-electron chi connectivity index (χ2n) is 6.89. The molecule has 1 fully saturated rings. The molecule has 1 aliphatic rings. The summed E-state index contributed by atoms with van der Waals surface area (Å²) >= 11 is 1.40. The molecule has 5 heteroatoms. The normalized spacial score (nSPS) is 16.1. The van der Waals surface area contributed by atoms with E-state index in [1.54, 1.807) is 11.0 Å². The fraction of sp³-hybridized carbons (Fsp3) is 0.0769. The molecule has 1 aliphatic heterocycles. The molecule has 4 rings (SSSR count). The molecule has 0 atom stereocenters. The lowest BCUT2D eigenvalue weighted by molar-refractivity contribution is -0.122. The van der Waals surface area contributed by atoms with Crippen molar-refractivity contribution in [2.24, 2.45) is 4.99 Å². The van der Waals surface area contributed by atoms with Gasteiger partial charge in [0.25, 0.3) is 5.91 Å². The monoisotopic (exact) mass is 426 g/mol. The van der Waals surface area contributed by atoms with Gasteiger partial charge in [-0.2, -0.15) is 0 Å². The average molecular weight is 427 g/mol. The number of amides is 1. The van der Waals surface area contributed by atoms with Gasteiger partial charge in [-0.25, -0.2) is 4.99 Å². The molecule has 1 heterocycles. The largest absolute Gasteiger partial charge is 0.490 e. The van der Waals surface area contributed by atoms with Gasteiger partial charge in [-0.1, -0.05) is 73.3 Å². The Balaban J connectivity index is 1.62. The van der Waals surface area contributed by atoms with Crippen LogP contribution >= 0.6 is 11.8 Å². The van der Waals surface area contributed by atoms with Crippen molar-refractivity contribution in [3.05, 3.63) is 114 Å². The third-order valence-electron chi connectivity index (χ3n) is 4.60. The van der Waals surface area contributed by atoms with Crippen molar-refractivity contribution in [2.75, 3.05) is 6.61 Å². The molecule has 0 aromatic heterocycles. The highest BCUT2D eigenvalue weighted by Crippen LogP contribution is 2.35. The number of ether oxygens (including phenoxy) is 1. The first-order chi connectivity index (χ1) is 15.2. The van der Waals surface area contributed by atoms with Gasteiger partial charge in [0.1, 0.15) is 12.4 Å². The quantitative estimate of drug-likeness (QED) is 0.341. The minimum atomic E-state index is -0.0458. The molecule has 3 aromatic rings. The number of hydrogen-bond donors (Lipinski definition) is 0. The summed E-state index contributed by atoms with van der Waals surface area (Å²) in [5.41, 5.74) is 2.81. The fourth-order valence-electron chi connectivity index (χ4n) is 3.08. The van der Waals surface area contributed by atoms with E-state index >= 15 is 0 Å². The summed E-state index contributed by atoms with van der Waals surface area (Å²) in [6.45, 7) is 4.59. The summed E-state index contributed by atoms with van der Waals surface area (Å²) in [6, 6.07) is 27.3. The van der Waals surface area contributed by atoms with E-state index in [1.807, 2.05) is 91.0 Å². The van der Waals surface area contributed by atoms with Crippen LogP contribution in [0.3, 0.4) is 0 Å². The molecule has 0 N–H and O–H groups in total. The number of carbonyl (C=O) groups is 1. The van der Waals surface area contributed by atoms with Gasteiger partial charge in [0.05, 0.1) is 17.1 Å². The maximum Gasteiger partial charge on any atom is 0.267 e. The summed E-state index contributed by atoms with van der Waals surface area (Å²) in [4.78, 5) is 20.4. The molecule has 4 nitrogen and oxygen atoms in total. The summed E-state index contributed by atoms with van der Waals surface area (Å²) in [7, 11) is 0. The van der Waals surface area contributed by atoms with Gasteiger partial charge in [-0.3, -0.25) is 9.69 Å². The van der Waals surface area contributed by atoms with Crippen molar-refractivity contribution >= 4 is 34.6 Å². The SMILES string of the molecule is C=CCOc1ccc(/C=C2/SC(=Nc3ccccc3)N(Cc3ccccc3)C2=O)cc1. The van der Waals surface area contributed by atoms with E-state index in [9.17, 15) is 4.79 Å². The van der Waals surface area contributed by atoms with Gasteiger partial charge < -0.3 is 4.74 Å². The maximum atomic E-state index is 13.2. The smallest absolute Gasteiger partial charge is 0.267 e. The van der Waals surface area contributed by atoms with Gasteiger partial charge >= 0.3 is 0 Å². The van der Waals surface area contributed by atoms with Crippen LogP contribution in [0.1, 0.15) is 11.1 Å². The molecule has 1 amide bonds. The highest BCUT2D eigenvalue weighted by atomic mass is 32.2. The van der Waals surface area contributed by atoms with E-state index < -0.39 is 0 Å². The van der Waals surface area contributed by atoms with Crippen molar-refractivity contribution in [1.29, 1.82) is 0 Å². The Bertz CT molecular complexity index is 1110. The van der Waals surface area contributed by atoms with E-state index in [-0.39, 0.29) is 5.91 Å². The van der Waals surface area contributed by atoms with Gasteiger partial charge in [0, 0.05) is 0 Å². The van der Waals surface area contributed by atoms with Crippen molar-refractivity contribution in [2.45, 2.75) is 6.54 Å². The van der Waals surface area contributed by atoms with Crippen molar-refractivity contribution in [3.63, 3.8) is 0 Å². The number of para-hydroxylation sites is 1. The van der Waals surface area contributed by atoms with E-state index in [1.165, 1.54) is 11.8 Å². The molecule has 154 valence electrons. The Labute approximate surface area is 186 Å². The number of hydrogen-bond acceptors (Lipinski definition) is 4. The van der Waals surface area contributed by atoms with E-state index in [4.69, 9.17) is 9.73 Å². The van der Waals surface area contributed by atoms with Crippen LogP contribution in [0.2, 0.25) is 0 Å². The van der Waals surface area contributed by atoms with Crippen molar-refractivity contribution < 1.29 is 9.53 Å². The van der Waals surface area contributed by atoms with Crippen molar-refractivity contribution in [3.8, 4) is 5.75 Å². The Hall–Kier alpha value is -3.57. The van der Waals surface area contributed by atoms with Gasteiger partial charge in [0.15, 0.2) is 5.17 Å². The lowest BCUT2D eigenvalue weighted by Gasteiger charge is -2.15. The number of rotatable bonds is 7. The topological polar surface area (TPSA) is 41.9 Å². The first-order valence-corrected chi connectivity index (χ1v) is 10.8. The molecule has 0 unspecified atom stereocenters. The molecule has 0 saturated carbocycles. The Morgan fingerprint density at radius 2 is 1.61 bits per heavy atom. The Morgan fingerprint density at radius 3 is 2.29 bits per heavy atom. The van der Waals surface area contributed by atoms with Crippen LogP contribution in [0, 0.1) is 0 Å². The molecule has 31 heavy (non-hydrogen) atoms. The zero-order valence-corrected chi connectivity index (χ0v) is 17.8. The third-order valence-corrected chi connectivity index (χ3v) is 5.60. The molecule has 0 spiro atoms. The number of thioether (sulfide) groups is 1. The second kappa shape index (κ2) is 9.96. The predicted molar refractivity (Wildman–Crippen MR) is 128 cm³/mol. The number of nitrogens with zero attached hydrogens (tertiary/aromatic N) is 2. The van der Waals surface area contributed by atoms with Gasteiger partial charge in [-0.05, 0) is 53.2 Å². The van der Waals surface area contributed by atoms with Crippen LogP contribution in [0.15, 0.2) is 107 Å². The minimum absolute atomic E-state index is 0.0458. The molecule has 3 aromatic carbocycles. The molecule has 0 radical (unpaired) electrons. The lowest BCUT2D eigenvalue weighted by Crippen LogP contribution is -2.28. The van der Waals surface area contributed by atoms with Crippen LogP contribution in [-0.4, -0.2) is 22.6 Å². The highest BCUT2D eigenvalue weighted by molar-refractivity contribution is 8.18. The standard InChI is InChI=1S/C26H22N2O2S/c1-2-17-30-23-15-13-20(14-16-23)18-24-25(29)28(19-21-9-5-3-6-10-21)26(31-24)27-22-11-7-4-8-12-22/h2-16,18H,1,17,19H2/b24-18+,27-26?. The Morgan fingerprint density at radius 1 is 0.935 bits per heavy atom. The zero-order chi connectivity index (χ0) is 21.5. The van der Waals surface area contributed by atoms with Crippen LogP contribution in [0.25, 0.3) is 6.08 Å². The number of amidine groups is 1. The van der Waals surface area contributed by atoms with Crippen LogP contribution in [0.5, 0.6) is 5.75 Å².